The van der Waals surface area contributed by atoms with Crippen LogP contribution in [0.4, 0.5) is 0 Å². The molecule has 0 bridgehead atoms. The van der Waals surface area contributed by atoms with Gasteiger partial charge in [0.15, 0.2) is 5.82 Å². The van der Waals surface area contributed by atoms with Crippen LogP contribution in [-0.2, 0) is 4.74 Å². The van der Waals surface area contributed by atoms with Crippen LogP contribution in [0.3, 0.4) is 0 Å². The van der Waals surface area contributed by atoms with Gasteiger partial charge in [-0.2, -0.15) is 0 Å². The standard InChI is InChI=1S/C14H18ClIN2O/c1-19-12(9-6-7-9)14-17-11(8-4-2-3-5-8)10(16)13(15)18-14/h8-9,12H,2-7H2,1H3. The molecule has 1 atom stereocenters. The highest BCUT2D eigenvalue weighted by molar-refractivity contribution is 14.1. The summed E-state index contributed by atoms with van der Waals surface area (Å²) < 4.78 is 6.62. The third-order valence-electron chi connectivity index (χ3n) is 4.15. The molecule has 1 aromatic rings. The molecule has 1 unspecified atom stereocenters. The van der Waals surface area contributed by atoms with Gasteiger partial charge in [-0.15, -0.1) is 0 Å². The minimum Gasteiger partial charge on any atom is -0.373 e. The van der Waals surface area contributed by atoms with Crippen LogP contribution in [0.5, 0.6) is 0 Å². The Bertz CT molecular complexity index is 473. The monoisotopic (exact) mass is 392 g/mol. The largest absolute Gasteiger partial charge is 0.373 e. The van der Waals surface area contributed by atoms with Crippen molar-refractivity contribution in [2.24, 2.45) is 5.92 Å². The van der Waals surface area contributed by atoms with Gasteiger partial charge < -0.3 is 4.74 Å². The van der Waals surface area contributed by atoms with Crippen molar-refractivity contribution in [2.75, 3.05) is 7.11 Å². The van der Waals surface area contributed by atoms with Crippen molar-refractivity contribution in [3.8, 4) is 0 Å². The van der Waals surface area contributed by atoms with E-state index in [1.807, 2.05) is 0 Å². The van der Waals surface area contributed by atoms with Crippen LogP contribution < -0.4 is 0 Å². The molecule has 0 spiro atoms. The van der Waals surface area contributed by atoms with Gasteiger partial charge in [0.2, 0.25) is 0 Å². The molecule has 1 aromatic heterocycles. The molecule has 0 radical (unpaired) electrons. The van der Waals surface area contributed by atoms with Crippen molar-refractivity contribution in [1.82, 2.24) is 9.97 Å². The SMILES string of the molecule is COC(c1nc(Cl)c(I)c(C2CCCC2)n1)C1CC1. The van der Waals surface area contributed by atoms with E-state index in [2.05, 4.69) is 27.6 Å². The average Bonchev–Trinajstić information content (AvgIpc) is 3.08. The Morgan fingerprint density at radius 1 is 1.21 bits per heavy atom. The van der Waals surface area contributed by atoms with Gasteiger partial charge >= 0.3 is 0 Å². The lowest BCUT2D eigenvalue weighted by Crippen LogP contribution is -2.13. The Morgan fingerprint density at radius 3 is 2.47 bits per heavy atom. The smallest absolute Gasteiger partial charge is 0.159 e. The van der Waals surface area contributed by atoms with Crippen LogP contribution in [-0.4, -0.2) is 17.1 Å². The summed E-state index contributed by atoms with van der Waals surface area (Å²) in [5.41, 5.74) is 1.15. The molecule has 5 heteroatoms. The second-order valence-electron chi connectivity index (χ2n) is 5.55. The highest BCUT2D eigenvalue weighted by Crippen LogP contribution is 2.43. The second-order valence-corrected chi connectivity index (χ2v) is 6.98. The fourth-order valence-electron chi connectivity index (χ4n) is 2.96. The van der Waals surface area contributed by atoms with Gasteiger partial charge in [-0.05, 0) is 54.2 Å². The summed E-state index contributed by atoms with van der Waals surface area (Å²) in [5.74, 6) is 1.93. The zero-order valence-electron chi connectivity index (χ0n) is 11.0. The first kappa shape index (κ1) is 14.0. The molecule has 2 aliphatic rings. The molecule has 0 aromatic carbocycles. The first-order valence-electron chi connectivity index (χ1n) is 6.96. The number of ether oxygens (including phenoxy) is 1. The predicted molar refractivity (Wildman–Crippen MR) is 83.4 cm³/mol. The summed E-state index contributed by atoms with van der Waals surface area (Å²) in [6.45, 7) is 0. The maximum atomic E-state index is 6.31. The van der Waals surface area contributed by atoms with Gasteiger partial charge in [0.05, 0.1) is 9.26 Å². The Morgan fingerprint density at radius 2 is 1.89 bits per heavy atom. The van der Waals surface area contributed by atoms with Crippen molar-refractivity contribution in [1.29, 1.82) is 0 Å². The number of halogens is 2. The van der Waals surface area contributed by atoms with Crippen LogP contribution in [0.15, 0.2) is 0 Å². The first-order chi connectivity index (χ1) is 9.20. The minimum absolute atomic E-state index is 0.0228. The highest BCUT2D eigenvalue weighted by atomic mass is 127. The van der Waals surface area contributed by atoms with Crippen molar-refractivity contribution in [2.45, 2.75) is 50.5 Å². The highest BCUT2D eigenvalue weighted by Gasteiger charge is 2.35. The molecule has 19 heavy (non-hydrogen) atoms. The van der Waals surface area contributed by atoms with Crippen molar-refractivity contribution in [3.63, 3.8) is 0 Å². The summed E-state index contributed by atoms with van der Waals surface area (Å²) in [7, 11) is 1.74. The molecular weight excluding hydrogens is 375 g/mol. The number of aromatic nitrogens is 2. The number of hydrogen-bond acceptors (Lipinski definition) is 3. The van der Waals surface area contributed by atoms with E-state index in [1.54, 1.807) is 7.11 Å². The summed E-state index contributed by atoms with van der Waals surface area (Å²) in [6, 6.07) is 0. The van der Waals surface area contributed by atoms with Crippen LogP contribution in [0.25, 0.3) is 0 Å². The van der Waals surface area contributed by atoms with Gasteiger partial charge in [0, 0.05) is 13.0 Å². The molecule has 3 rings (SSSR count). The van der Waals surface area contributed by atoms with Crippen molar-refractivity contribution < 1.29 is 4.74 Å². The molecule has 0 saturated heterocycles. The molecule has 1 heterocycles. The zero-order valence-corrected chi connectivity index (χ0v) is 13.9. The topological polar surface area (TPSA) is 35.0 Å². The molecular formula is C14H18ClIN2O. The Hall–Kier alpha value is 0.0600. The van der Waals surface area contributed by atoms with Gasteiger partial charge in [0.1, 0.15) is 11.3 Å². The van der Waals surface area contributed by atoms with Gasteiger partial charge in [-0.25, -0.2) is 9.97 Å². The maximum absolute atomic E-state index is 6.31. The molecule has 0 aliphatic heterocycles. The maximum Gasteiger partial charge on any atom is 0.159 e. The summed E-state index contributed by atoms with van der Waals surface area (Å²) in [6.07, 6.45) is 7.50. The molecule has 2 fully saturated rings. The molecule has 0 N–H and O–H groups in total. The lowest BCUT2D eigenvalue weighted by molar-refractivity contribution is 0.0769. The van der Waals surface area contributed by atoms with Crippen LogP contribution >= 0.6 is 34.2 Å². The third-order valence-corrected chi connectivity index (χ3v) is 5.81. The van der Waals surface area contributed by atoms with Crippen LogP contribution in [0.1, 0.15) is 62.1 Å². The van der Waals surface area contributed by atoms with E-state index in [4.69, 9.17) is 21.3 Å². The molecule has 104 valence electrons. The lowest BCUT2D eigenvalue weighted by atomic mass is 10.0. The van der Waals surface area contributed by atoms with E-state index < -0.39 is 0 Å². The Kier molecular flexibility index (Phi) is 4.29. The zero-order chi connectivity index (χ0) is 13.4. The number of rotatable bonds is 4. The molecule has 3 nitrogen and oxygen atoms in total. The van der Waals surface area contributed by atoms with Crippen LogP contribution in [0, 0.1) is 9.49 Å². The first-order valence-corrected chi connectivity index (χ1v) is 8.42. The van der Waals surface area contributed by atoms with Gasteiger partial charge in [-0.1, -0.05) is 24.4 Å². The van der Waals surface area contributed by atoms with Gasteiger partial charge in [0.25, 0.3) is 0 Å². The Balaban J connectivity index is 1.96. The van der Waals surface area contributed by atoms with E-state index >= 15 is 0 Å². The quantitative estimate of drug-likeness (QED) is 0.559. The molecule has 2 aliphatic carbocycles. The van der Waals surface area contributed by atoms with E-state index in [9.17, 15) is 0 Å². The predicted octanol–water partition coefficient (Wildman–Crippen LogP) is 4.49. The molecule has 0 amide bonds. The second kappa shape index (κ2) is 5.82. The fraction of sp³-hybridized carbons (Fsp3) is 0.714. The van der Waals surface area contributed by atoms with E-state index in [0.717, 1.165) is 15.1 Å². The average molecular weight is 393 g/mol. The van der Waals surface area contributed by atoms with Crippen molar-refractivity contribution in [3.05, 3.63) is 20.2 Å². The fourth-order valence-corrected chi connectivity index (χ4v) is 3.82. The lowest BCUT2D eigenvalue weighted by Gasteiger charge is -2.18. The normalized spacial score (nSPS) is 21.8. The van der Waals surface area contributed by atoms with Crippen LogP contribution in [0.2, 0.25) is 5.15 Å². The van der Waals surface area contributed by atoms with E-state index in [1.165, 1.54) is 38.5 Å². The summed E-state index contributed by atoms with van der Waals surface area (Å²) >= 11 is 8.59. The number of hydrogen-bond donors (Lipinski definition) is 0. The Labute approximate surface area is 132 Å². The number of methoxy groups -OCH3 is 1. The third kappa shape index (κ3) is 2.90. The number of nitrogens with zero attached hydrogens (tertiary/aromatic N) is 2. The van der Waals surface area contributed by atoms with E-state index in [-0.39, 0.29) is 6.10 Å². The summed E-state index contributed by atoms with van der Waals surface area (Å²) in [5, 5.41) is 0.593. The van der Waals surface area contributed by atoms with Crippen molar-refractivity contribution >= 4 is 34.2 Å². The van der Waals surface area contributed by atoms with E-state index in [0.29, 0.717) is 17.0 Å². The summed E-state index contributed by atoms with van der Waals surface area (Å²) in [4.78, 5) is 9.28. The van der Waals surface area contributed by atoms with Gasteiger partial charge in [-0.3, -0.25) is 0 Å². The molecule has 2 saturated carbocycles. The minimum atomic E-state index is 0.0228.